The van der Waals surface area contributed by atoms with Crippen LogP contribution in [0.5, 0.6) is 0 Å². The molecule has 1 aromatic carbocycles. The molecule has 0 bridgehead atoms. The van der Waals surface area contributed by atoms with Gasteiger partial charge in [0.15, 0.2) is 5.16 Å². The second-order valence-corrected chi connectivity index (χ2v) is 9.91. The summed E-state index contributed by atoms with van der Waals surface area (Å²) in [4.78, 5) is 9.21. The van der Waals surface area contributed by atoms with E-state index in [1.165, 1.54) is 12.1 Å². The molecule has 5 nitrogen and oxygen atoms in total. The van der Waals surface area contributed by atoms with Crippen molar-refractivity contribution in [1.82, 2.24) is 14.7 Å². The molecular weight excluding hydrogens is 390 g/mol. The van der Waals surface area contributed by atoms with Crippen LogP contribution in [0.15, 0.2) is 40.4 Å². The number of hydrogen-bond acceptors (Lipinski definition) is 5. The minimum Gasteiger partial charge on any atom is -0.228 e. The fraction of sp³-hybridized carbons (Fsp3) is 0.444. The third kappa shape index (κ3) is 4.97. The van der Waals surface area contributed by atoms with Crippen LogP contribution in [0.2, 0.25) is 5.02 Å². The van der Waals surface area contributed by atoms with Crippen LogP contribution in [0.1, 0.15) is 37.1 Å². The summed E-state index contributed by atoms with van der Waals surface area (Å²) in [5.41, 5.74) is 1.85. The molecule has 1 saturated carbocycles. The molecule has 8 heteroatoms. The number of rotatable bonds is 5. The van der Waals surface area contributed by atoms with E-state index in [-0.39, 0.29) is 16.2 Å². The normalized spacial score (nSPS) is 20.9. The summed E-state index contributed by atoms with van der Waals surface area (Å²) < 4.78 is 28.3. The van der Waals surface area contributed by atoms with E-state index in [0.717, 1.165) is 37.1 Å². The summed E-state index contributed by atoms with van der Waals surface area (Å²) in [7, 11) is -3.58. The van der Waals surface area contributed by atoms with Crippen LogP contribution in [0.4, 0.5) is 0 Å². The van der Waals surface area contributed by atoms with Gasteiger partial charge in [-0.05, 0) is 57.0 Å². The third-order valence-corrected chi connectivity index (χ3v) is 7.37. The number of nitrogens with zero attached hydrogens (tertiary/aromatic N) is 2. The molecule has 0 aliphatic heterocycles. The average Bonchev–Trinajstić information content (AvgIpc) is 2.56. The molecule has 0 saturated heterocycles. The van der Waals surface area contributed by atoms with Gasteiger partial charge in [-0.25, -0.2) is 23.1 Å². The molecule has 1 N–H and O–H groups in total. The van der Waals surface area contributed by atoms with Crippen LogP contribution >= 0.6 is 23.4 Å². The van der Waals surface area contributed by atoms with Crippen molar-refractivity contribution in [2.45, 2.75) is 60.9 Å². The van der Waals surface area contributed by atoms with Crippen LogP contribution in [0, 0.1) is 13.8 Å². The number of thioether (sulfide) groups is 1. The standard InChI is InChI=1S/C18H22ClN3O2S2/c1-12-11-13(2)21-18(20-12)25-17-6-4-3-5-16(17)22-26(23,24)15-9-7-14(19)8-10-15/h7-11,16-17,22H,3-6H2,1-2H3/t16-,17-/m1/s1. The largest absolute Gasteiger partial charge is 0.240 e. The van der Waals surface area contributed by atoms with Crippen LogP contribution in [0.3, 0.4) is 0 Å². The first kappa shape index (κ1) is 19.6. The molecule has 3 rings (SSSR count). The summed E-state index contributed by atoms with van der Waals surface area (Å²) in [5.74, 6) is 0. The van der Waals surface area contributed by atoms with Crippen molar-refractivity contribution in [3.8, 4) is 0 Å². The van der Waals surface area contributed by atoms with E-state index in [1.54, 1.807) is 23.9 Å². The van der Waals surface area contributed by atoms with Crippen LogP contribution in [0.25, 0.3) is 0 Å². The van der Waals surface area contributed by atoms with Gasteiger partial charge < -0.3 is 0 Å². The first-order valence-corrected chi connectivity index (χ1v) is 11.3. The van der Waals surface area contributed by atoms with Gasteiger partial charge in [-0.2, -0.15) is 0 Å². The lowest BCUT2D eigenvalue weighted by atomic mass is 9.96. The molecular formula is C18H22ClN3O2S2. The van der Waals surface area contributed by atoms with Crippen molar-refractivity contribution in [1.29, 1.82) is 0 Å². The van der Waals surface area contributed by atoms with Crippen molar-refractivity contribution in [2.75, 3.05) is 0 Å². The molecule has 1 aliphatic carbocycles. The zero-order valence-electron chi connectivity index (χ0n) is 14.8. The van der Waals surface area contributed by atoms with E-state index >= 15 is 0 Å². The fourth-order valence-electron chi connectivity index (χ4n) is 3.14. The van der Waals surface area contributed by atoms with Gasteiger partial charge in [-0.3, -0.25) is 0 Å². The highest BCUT2D eigenvalue weighted by Gasteiger charge is 2.31. The highest BCUT2D eigenvalue weighted by Crippen LogP contribution is 2.33. The predicted octanol–water partition coefficient (Wildman–Crippen LogP) is 4.13. The molecule has 1 aromatic heterocycles. The Labute approximate surface area is 164 Å². The molecule has 0 radical (unpaired) electrons. The van der Waals surface area contributed by atoms with Crippen LogP contribution in [-0.4, -0.2) is 29.7 Å². The number of sulfonamides is 1. The van der Waals surface area contributed by atoms with Crippen molar-refractivity contribution >= 4 is 33.4 Å². The molecule has 2 atom stereocenters. The van der Waals surface area contributed by atoms with Gasteiger partial charge in [0.1, 0.15) is 0 Å². The lowest BCUT2D eigenvalue weighted by Gasteiger charge is -2.31. The highest BCUT2D eigenvalue weighted by molar-refractivity contribution is 7.99. The molecule has 0 amide bonds. The van der Waals surface area contributed by atoms with E-state index in [2.05, 4.69) is 14.7 Å². The Hall–Kier alpha value is -1.15. The van der Waals surface area contributed by atoms with Gasteiger partial charge in [-0.1, -0.05) is 36.2 Å². The van der Waals surface area contributed by atoms with Gasteiger partial charge in [-0.15, -0.1) is 0 Å². The summed E-state index contributed by atoms with van der Waals surface area (Å²) in [6, 6.07) is 8.04. The van der Waals surface area contributed by atoms with Gasteiger partial charge in [0.05, 0.1) is 4.90 Å². The maximum Gasteiger partial charge on any atom is 0.240 e. The molecule has 0 unspecified atom stereocenters. The SMILES string of the molecule is Cc1cc(C)nc(S[C@@H]2CCCC[C@H]2NS(=O)(=O)c2ccc(Cl)cc2)n1. The predicted molar refractivity (Wildman–Crippen MR) is 105 cm³/mol. The Morgan fingerprint density at radius 2 is 1.69 bits per heavy atom. The molecule has 1 aliphatic rings. The van der Waals surface area contributed by atoms with Gasteiger partial charge in [0, 0.05) is 27.7 Å². The Morgan fingerprint density at radius 1 is 1.08 bits per heavy atom. The molecule has 26 heavy (non-hydrogen) atoms. The molecule has 1 fully saturated rings. The summed E-state index contributed by atoms with van der Waals surface area (Å²) in [6.07, 6.45) is 3.85. The maximum absolute atomic E-state index is 12.7. The van der Waals surface area contributed by atoms with E-state index in [4.69, 9.17) is 11.6 Å². The van der Waals surface area contributed by atoms with E-state index in [0.29, 0.717) is 10.2 Å². The Balaban J connectivity index is 1.77. The van der Waals surface area contributed by atoms with Crippen molar-refractivity contribution in [3.63, 3.8) is 0 Å². The van der Waals surface area contributed by atoms with Gasteiger partial charge in [0.2, 0.25) is 10.0 Å². The summed E-state index contributed by atoms with van der Waals surface area (Å²) in [6.45, 7) is 3.89. The molecule has 0 spiro atoms. The lowest BCUT2D eigenvalue weighted by Crippen LogP contribution is -2.43. The second kappa shape index (κ2) is 8.25. The molecule has 140 valence electrons. The van der Waals surface area contributed by atoms with E-state index in [9.17, 15) is 8.42 Å². The van der Waals surface area contributed by atoms with Crippen molar-refractivity contribution in [2.24, 2.45) is 0 Å². The summed E-state index contributed by atoms with van der Waals surface area (Å²) >= 11 is 7.43. The highest BCUT2D eigenvalue weighted by atomic mass is 35.5. The van der Waals surface area contributed by atoms with Crippen LogP contribution < -0.4 is 4.72 Å². The number of halogens is 1. The first-order valence-electron chi connectivity index (χ1n) is 8.60. The molecule has 2 aromatic rings. The monoisotopic (exact) mass is 411 g/mol. The number of hydrogen-bond donors (Lipinski definition) is 1. The van der Waals surface area contributed by atoms with Crippen molar-refractivity contribution < 1.29 is 8.42 Å². The average molecular weight is 412 g/mol. The second-order valence-electron chi connectivity index (χ2n) is 6.56. The quantitative estimate of drug-likeness (QED) is 0.749. The smallest absolute Gasteiger partial charge is 0.228 e. The zero-order chi connectivity index (χ0) is 18.7. The first-order chi connectivity index (χ1) is 12.3. The minimum absolute atomic E-state index is 0.118. The fourth-order valence-corrected chi connectivity index (χ4v) is 5.98. The third-order valence-electron chi connectivity index (χ3n) is 4.35. The van der Waals surface area contributed by atoms with E-state index in [1.807, 2.05) is 19.9 Å². The lowest BCUT2D eigenvalue weighted by molar-refractivity contribution is 0.422. The Morgan fingerprint density at radius 3 is 2.35 bits per heavy atom. The Bertz CT molecular complexity index is 852. The topological polar surface area (TPSA) is 72.0 Å². The van der Waals surface area contributed by atoms with Gasteiger partial charge in [0.25, 0.3) is 0 Å². The Kier molecular flexibility index (Phi) is 6.22. The number of benzene rings is 1. The minimum atomic E-state index is -3.58. The number of nitrogens with one attached hydrogen (secondary N) is 1. The summed E-state index contributed by atoms with van der Waals surface area (Å²) in [5, 5.41) is 1.35. The zero-order valence-corrected chi connectivity index (χ0v) is 17.2. The van der Waals surface area contributed by atoms with Crippen LogP contribution in [-0.2, 0) is 10.0 Å². The number of aromatic nitrogens is 2. The molecule has 1 heterocycles. The van der Waals surface area contributed by atoms with Gasteiger partial charge >= 0.3 is 0 Å². The van der Waals surface area contributed by atoms with E-state index < -0.39 is 10.0 Å². The maximum atomic E-state index is 12.7. The van der Waals surface area contributed by atoms with Crippen molar-refractivity contribution in [3.05, 3.63) is 46.7 Å². The number of aryl methyl sites for hydroxylation is 2.